The Balaban J connectivity index is 0. The Morgan fingerprint density at radius 3 is 2.22 bits per heavy atom. The minimum Gasteiger partial charge on any atom is -0.508 e. The van der Waals surface area contributed by atoms with Crippen LogP contribution in [0.3, 0.4) is 0 Å². The van der Waals surface area contributed by atoms with Crippen LogP contribution in [0.1, 0.15) is 46.6 Å². The number of nitrogens with zero attached hydrogens (tertiary/aromatic N) is 1. The van der Waals surface area contributed by atoms with Gasteiger partial charge in [-0.3, -0.25) is 4.79 Å². The molecule has 0 aromatic heterocycles. The molecule has 0 radical (unpaired) electrons. The highest BCUT2D eigenvalue weighted by Gasteiger charge is 2.06. The fraction of sp³-hybridized carbons (Fsp3) is 0.533. The summed E-state index contributed by atoms with van der Waals surface area (Å²) in [7, 11) is 1.76. The number of phenols is 1. The van der Waals surface area contributed by atoms with Gasteiger partial charge in [0, 0.05) is 20.0 Å². The lowest BCUT2D eigenvalue weighted by molar-refractivity contribution is -0.130. The molecule has 0 saturated heterocycles. The minimum atomic E-state index is 0.105. The van der Waals surface area contributed by atoms with E-state index in [-0.39, 0.29) is 11.7 Å². The third-order valence-electron chi connectivity index (χ3n) is 2.06. The number of aromatic hydroxyl groups is 1. The number of rotatable bonds is 3. The molecule has 1 aromatic rings. The summed E-state index contributed by atoms with van der Waals surface area (Å²) in [5, 5.41) is 9.22. The van der Waals surface area contributed by atoms with Crippen LogP contribution in [-0.4, -0.2) is 23.0 Å². The molecule has 0 atom stereocenters. The predicted molar refractivity (Wildman–Crippen MR) is 77.6 cm³/mol. The molecule has 1 N–H and O–H groups in total. The number of hydrogen-bond donors (Lipinski definition) is 1. The van der Waals surface area contributed by atoms with Gasteiger partial charge in [-0.15, -0.1) is 0 Å². The molecule has 0 aliphatic rings. The summed E-state index contributed by atoms with van der Waals surface area (Å²) in [6.45, 7) is 10.4. The Kier molecular flexibility index (Phi) is 12.5. The SMILES string of the molecule is CC.CC.CCC(=O)N(C)Cc1cccc(O)c1. The van der Waals surface area contributed by atoms with Gasteiger partial charge in [0.25, 0.3) is 0 Å². The van der Waals surface area contributed by atoms with Gasteiger partial charge in [0.15, 0.2) is 0 Å². The van der Waals surface area contributed by atoms with Gasteiger partial charge in [-0.25, -0.2) is 0 Å². The third kappa shape index (κ3) is 7.71. The summed E-state index contributed by atoms with van der Waals surface area (Å²) >= 11 is 0. The van der Waals surface area contributed by atoms with Crippen LogP contribution in [0, 0.1) is 0 Å². The maximum Gasteiger partial charge on any atom is 0.222 e. The zero-order valence-corrected chi connectivity index (χ0v) is 12.5. The first-order valence-electron chi connectivity index (χ1n) is 6.65. The molecule has 0 fully saturated rings. The second kappa shape index (κ2) is 12.0. The van der Waals surface area contributed by atoms with Crippen molar-refractivity contribution in [3.05, 3.63) is 29.8 Å². The molecule has 0 bridgehead atoms. The number of amides is 1. The van der Waals surface area contributed by atoms with Gasteiger partial charge in [-0.05, 0) is 17.7 Å². The molecule has 104 valence electrons. The minimum absolute atomic E-state index is 0.105. The average molecular weight is 253 g/mol. The lowest BCUT2D eigenvalue weighted by Crippen LogP contribution is -2.24. The van der Waals surface area contributed by atoms with Crippen molar-refractivity contribution >= 4 is 5.91 Å². The third-order valence-corrected chi connectivity index (χ3v) is 2.06. The maximum absolute atomic E-state index is 11.3. The van der Waals surface area contributed by atoms with Gasteiger partial charge in [0.05, 0.1) is 0 Å². The first kappa shape index (κ1) is 18.8. The van der Waals surface area contributed by atoms with Gasteiger partial charge < -0.3 is 10.0 Å². The van der Waals surface area contributed by atoms with Crippen molar-refractivity contribution in [2.24, 2.45) is 0 Å². The summed E-state index contributed by atoms with van der Waals surface area (Å²) in [6, 6.07) is 6.94. The largest absolute Gasteiger partial charge is 0.508 e. The molecule has 3 heteroatoms. The summed E-state index contributed by atoms with van der Waals surface area (Å²) < 4.78 is 0. The number of hydrogen-bond acceptors (Lipinski definition) is 2. The second-order valence-electron chi connectivity index (χ2n) is 3.27. The molecule has 1 amide bonds. The van der Waals surface area contributed by atoms with Crippen LogP contribution in [-0.2, 0) is 11.3 Å². The molecule has 0 aliphatic carbocycles. The number of phenolic OH excluding ortho intramolecular Hbond substituents is 1. The van der Waals surface area contributed by atoms with Gasteiger partial charge in [-0.1, -0.05) is 46.8 Å². The van der Waals surface area contributed by atoms with E-state index in [1.807, 2.05) is 40.7 Å². The zero-order valence-electron chi connectivity index (χ0n) is 12.5. The van der Waals surface area contributed by atoms with E-state index in [0.717, 1.165) is 5.56 Å². The second-order valence-corrected chi connectivity index (χ2v) is 3.27. The zero-order chi connectivity index (χ0) is 14.6. The lowest BCUT2D eigenvalue weighted by atomic mass is 10.2. The van der Waals surface area contributed by atoms with Crippen LogP contribution in [0.4, 0.5) is 0 Å². The molecule has 3 nitrogen and oxygen atoms in total. The van der Waals surface area contributed by atoms with Crippen LogP contribution in [0.5, 0.6) is 5.75 Å². The molecule has 0 heterocycles. The van der Waals surface area contributed by atoms with E-state index in [1.54, 1.807) is 30.1 Å². The number of carbonyl (C=O) groups is 1. The van der Waals surface area contributed by atoms with Crippen molar-refractivity contribution in [1.29, 1.82) is 0 Å². The molecule has 18 heavy (non-hydrogen) atoms. The number of benzene rings is 1. The quantitative estimate of drug-likeness (QED) is 0.889. The average Bonchev–Trinajstić information content (AvgIpc) is 2.42. The topological polar surface area (TPSA) is 40.5 Å². The molecule has 0 saturated carbocycles. The van der Waals surface area contributed by atoms with Crippen LogP contribution >= 0.6 is 0 Å². The Hall–Kier alpha value is -1.51. The highest BCUT2D eigenvalue weighted by molar-refractivity contribution is 5.75. The van der Waals surface area contributed by atoms with E-state index in [0.29, 0.717) is 13.0 Å². The standard InChI is InChI=1S/C11H15NO2.2C2H6/c1-3-11(14)12(2)8-9-5-4-6-10(13)7-9;2*1-2/h4-7,13H,3,8H2,1-2H3;2*1-2H3. The summed E-state index contributed by atoms with van der Waals surface area (Å²) in [4.78, 5) is 12.9. The van der Waals surface area contributed by atoms with Crippen molar-refractivity contribution in [3.63, 3.8) is 0 Å². The smallest absolute Gasteiger partial charge is 0.222 e. The van der Waals surface area contributed by atoms with Gasteiger partial charge in [0.1, 0.15) is 5.75 Å². The van der Waals surface area contributed by atoms with E-state index in [4.69, 9.17) is 0 Å². The molecule has 0 aliphatic heterocycles. The highest BCUT2D eigenvalue weighted by Crippen LogP contribution is 2.12. The van der Waals surface area contributed by atoms with Crippen molar-refractivity contribution < 1.29 is 9.90 Å². The predicted octanol–water partition coefficient (Wildman–Crippen LogP) is 3.81. The molecule has 1 rings (SSSR count). The van der Waals surface area contributed by atoms with Crippen LogP contribution in [0.15, 0.2) is 24.3 Å². The van der Waals surface area contributed by atoms with Crippen molar-refractivity contribution in [2.45, 2.75) is 47.6 Å². The van der Waals surface area contributed by atoms with E-state index in [2.05, 4.69) is 0 Å². The monoisotopic (exact) mass is 253 g/mol. The van der Waals surface area contributed by atoms with Crippen molar-refractivity contribution in [2.75, 3.05) is 7.05 Å². The first-order chi connectivity index (χ1) is 8.63. The van der Waals surface area contributed by atoms with Crippen molar-refractivity contribution in [3.8, 4) is 5.75 Å². The van der Waals surface area contributed by atoms with E-state index < -0.39 is 0 Å². The van der Waals surface area contributed by atoms with Crippen LogP contribution in [0.25, 0.3) is 0 Å². The first-order valence-corrected chi connectivity index (χ1v) is 6.65. The lowest BCUT2D eigenvalue weighted by Gasteiger charge is -2.16. The summed E-state index contributed by atoms with van der Waals surface area (Å²) in [5.74, 6) is 0.341. The summed E-state index contributed by atoms with van der Waals surface area (Å²) in [5.41, 5.74) is 0.939. The fourth-order valence-electron chi connectivity index (χ4n) is 1.29. The van der Waals surface area contributed by atoms with Gasteiger partial charge >= 0.3 is 0 Å². The Morgan fingerprint density at radius 2 is 1.78 bits per heavy atom. The van der Waals surface area contributed by atoms with E-state index in [9.17, 15) is 9.90 Å². The number of carbonyl (C=O) groups excluding carboxylic acids is 1. The molecular formula is C15H27NO2. The molecule has 0 unspecified atom stereocenters. The van der Waals surface area contributed by atoms with Crippen molar-refractivity contribution in [1.82, 2.24) is 4.90 Å². The van der Waals surface area contributed by atoms with Crippen LogP contribution < -0.4 is 0 Å². The Labute approximate surface area is 111 Å². The van der Waals surface area contributed by atoms with Gasteiger partial charge in [0.2, 0.25) is 5.91 Å². The maximum atomic E-state index is 11.3. The molecular weight excluding hydrogens is 226 g/mol. The van der Waals surface area contributed by atoms with E-state index in [1.165, 1.54) is 0 Å². The van der Waals surface area contributed by atoms with E-state index >= 15 is 0 Å². The molecule has 0 spiro atoms. The Morgan fingerprint density at radius 1 is 1.22 bits per heavy atom. The Bertz CT molecular complexity index is 324. The molecule has 1 aromatic carbocycles. The fourth-order valence-corrected chi connectivity index (χ4v) is 1.29. The van der Waals surface area contributed by atoms with Crippen LogP contribution in [0.2, 0.25) is 0 Å². The summed E-state index contributed by atoms with van der Waals surface area (Å²) in [6.07, 6.45) is 0.509. The highest BCUT2D eigenvalue weighted by atomic mass is 16.3. The normalized spacial score (nSPS) is 8.33. The van der Waals surface area contributed by atoms with Gasteiger partial charge in [-0.2, -0.15) is 0 Å².